The van der Waals surface area contributed by atoms with Crippen LogP contribution in [0.5, 0.6) is 0 Å². The van der Waals surface area contributed by atoms with Crippen LogP contribution < -0.4 is 5.32 Å². The number of anilines is 2. The number of carboxylic acid groups (broad SMARTS) is 1. The first-order valence-corrected chi connectivity index (χ1v) is 6.50. The van der Waals surface area contributed by atoms with Crippen LogP contribution in [-0.2, 0) is 0 Å². The second-order valence-electron chi connectivity index (χ2n) is 4.25. The van der Waals surface area contributed by atoms with E-state index >= 15 is 0 Å². The summed E-state index contributed by atoms with van der Waals surface area (Å²) in [7, 11) is 0. The van der Waals surface area contributed by atoms with E-state index in [2.05, 4.69) is 26.2 Å². The first-order valence-electron chi connectivity index (χ1n) is 5.71. The molecule has 0 aliphatic rings. The van der Waals surface area contributed by atoms with Crippen molar-refractivity contribution in [3.63, 3.8) is 0 Å². The van der Waals surface area contributed by atoms with Gasteiger partial charge in [0.1, 0.15) is 11.4 Å². The van der Waals surface area contributed by atoms with E-state index in [0.29, 0.717) is 5.82 Å². The summed E-state index contributed by atoms with van der Waals surface area (Å²) < 4.78 is 1.05. The normalized spacial score (nSPS) is 10.3. The number of aromatic carboxylic acids is 1. The Hall–Kier alpha value is -1.88. The van der Waals surface area contributed by atoms with Crippen LogP contribution in [0.4, 0.5) is 11.5 Å². The number of carbonyl (C=O) groups is 1. The van der Waals surface area contributed by atoms with Crippen molar-refractivity contribution in [1.82, 2.24) is 4.98 Å². The van der Waals surface area contributed by atoms with Gasteiger partial charge >= 0.3 is 5.97 Å². The van der Waals surface area contributed by atoms with E-state index in [4.69, 9.17) is 5.11 Å². The summed E-state index contributed by atoms with van der Waals surface area (Å²) in [6.07, 6.45) is 1.56. The van der Waals surface area contributed by atoms with E-state index in [1.165, 1.54) is 6.07 Å². The van der Waals surface area contributed by atoms with E-state index in [0.717, 1.165) is 21.3 Å². The second kappa shape index (κ2) is 5.40. The monoisotopic (exact) mass is 320 g/mol. The molecule has 2 aromatic rings. The zero-order chi connectivity index (χ0) is 14.0. The molecule has 0 atom stereocenters. The number of nitrogens with zero attached hydrogens (tertiary/aromatic N) is 1. The van der Waals surface area contributed by atoms with Crippen molar-refractivity contribution in [1.29, 1.82) is 0 Å². The number of benzene rings is 1. The van der Waals surface area contributed by atoms with Crippen molar-refractivity contribution in [2.45, 2.75) is 13.8 Å². The number of carboxylic acids is 1. The van der Waals surface area contributed by atoms with Crippen LogP contribution in [0.15, 0.2) is 34.9 Å². The largest absolute Gasteiger partial charge is 0.478 e. The summed E-state index contributed by atoms with van der Waals surface area (Å²) in [6, 6.07) is 7.01. The van der Waals surface area contributed by atoms with Gasteiger partial charge in [-0.15, -0.1) is 0 Å². The minimum atomic E-state index is -0.999. The second-order valence-corrected chi connectivity index (χ2v) is 5.05. The molecule has 0 aliphatic heterocycles. The number of hydrogen-bond acceptors (Lipinski definition) is 3. The molecule has 4 nitrogen and oxygen atoms in total. The topological polar surface area (TPSA) is 62.2 Å². The summed E-state index contributed by atoms with van der Waals surface area (Å²) >= 11 is 3.50. The highest BCUT2D eigenvalue weighted by Crippen LogP contribution is 2.27. The fraction of sp³-hybridized carbons (Fsp3) is 0.143. The molecule has 0 amide bonds. The molecule has 0 saturated heterocycles. The average molecular weight is 321 g/mol. The molecule has 2 N–H and O–H groups in total. The first-order chi connectivity index (χ1) is 8.99. The van der Waals surface area contributed by atoms with E-state index < -0.39 is 5.97 Å². The number of halogens is 1. The van der Waals surface area contributed by atoms with Gasteiger partial charge in [-0.1, -0.05) is 15.9 Å². The van der Waals surface area contributed by atoms with Crippen LogP contribution in [0.1, 0.15) is 21.5 Å². The van der Waals surface area contributed by atoms with Gasteiger partial charge in [0.05, 0.1) is 0 Å². The summed E-state index contributed by atoms with van der Waals surface area (Å²) in [5.74, 6) is -0.655. The van der Waals surface area contributed by atoms with Gasteiger partial charge in [-0.25, -0.2) is 9.78 Å². The number of aryl methyl sites for hydroxylation is 2. The standard InChI is InChI=1S/C14H13BrN2O2/c1-8-6-10(7-9(2)12(8)15)17-13-11(14(18)19)4-3-5-16-13/h3-7H,1-2H3,(H,16,17)(H,18,19). The lowest BCUT2D eigenvalue weighted by Crippen LogP contribution is -2.04. The van der Waals surface area contributed by atoms with E-state index in [9.17, 15) is 4.79 Å². The molecular weight excluding hydrogens is 308 g/mol. The van der Waals surface area contributed by atoms with Gasteiger partial charge < -0.3 is 10.4 Å². The highest BCUT2D eigenvalue weighted by Gasteiger charge is 2.11. The predicted molar refractivity (Wildman–Crippen MR) is 78.1 cm³/mol. The molecule has 1 aromatic carbocycles. The lowest BCUT2D eigenvalue weighted by atomic mass is 10.1. The van der Waals surface area contributed by atoms with Crippen molar-refractivity contribution in [2.75, 3.05) is 5.32 Å². The highest BCUT2D eigenvalue weighted by atomic mass is 79.9. The maximum absolute atomic E-state index is 11.1. The summed E-state index contributed by atoms with van der Waals surface area (Å²) in [6.45, 7) is 3.97. The third kappa shape index (κ3) is 2.93. The Kier molecular flexibility index (Phi) is 3.85. The fourth-order valence-electron chi connectivity index (χ4n) is 1.83. The minimum absolute atomic E-state index is 0.153. The quantitative estimate of drug-likeness (QED) is 0.900. The number of rotatable bonds is 3. The predicted octanol–water partition coefficient (Wildman–Crippen LogP) is 3.90. The molecule has 0 saturated carbocycles. The Morgan fingerprint density at radius 1 is 1.32 bits per heavy atom. The first kappa shape index (κ1) is 13.5. The van der Waals surface area contributed by atoms with Crippen molar-refractivity contribution in [3.8, 4) is 0 Å². The summed E-state index contributed by atoms with van der Waals surface area (Å²) in [5.41, 5.74) is 3.13. The molecule has 0 unspecified atom stereocenters. The Bertz CT molecular complexity index is 618. The Labute approximate surface area is 119 Å². The number of hydrogen-bond donors (Lipinski definition) is 2. The zero-order valence-electron chi connectivity index (χ0n) is 10.6. The molecule has 98 valence electrons. The maximum atomic E-state index is 11.1. The molecule has 0 bridgehead atoms. The van der Waals surface area contributed by atoms with Gasteiger partial charge in [0.25, 0.3) is 0 Å². The Morgan fingerprint density at radius 2 is 1.95 bits per heavy atom. The maximum Gasteiger partial charge on any atom is 0.339 e. The Balaban J connectivity index is 2.39. The van der Waals surface area contributed by atoms with Crippen LogP contribution >= 0.6 is 15.9 Å². The number of pyridine rings is 1. The van der Waals surface area contributed by atoms with Crippen molar-refractivity contribution >= 4 is 33.4 Å². The molecular formula is C14H13BrN2O2. The molecule has 2 rings (SSSR count). The number of aromatic nitrogens is 1. The average Bonchev–Trinajstić information content (AvgIpc) is 2.36. The smallest absolute Gasteiger partial charge is 0.339 e. The van der Waals surface area contributed by atoms with Gasteiger partial charge in [0, 0.05) is 16.4 Å². The minimum Gasteiger partial charge on any atom is -0.478 e. The van der Waals surface area contributed by atoms with Gasteiger partial charge in [-0.05, 0) is 49.2 Å². The van der Waals surface area contributed by atoms with Crippen LogP contribution in [0.25, 0.3) is 0 Å². The van der Waals surface area contributed by atoms with Gasteiger partial charge in [-0.3, -0.25) is 0 Å². The van der Waals surface area contributed by atoms with E-state index in [1.54, 1.807) is 12.3 Å². The van der Waals surface area contributed by atoms with E-state index in [1.807, 2.05) is 26.0 Å². The molecule has 1 aromatic heterocycles. The summed E-state index contributed by atoms with van der Waals surface area (Å²) in [4.78, 5) is 15.2. The molecule has 0 aliphatic carbocycles. The van der Waals surface area contributed by atoms with E-state index in [-0.39, 0.29) is 5.56 Å². The van der Waals surface area contributed by atoms with Gasteiger partial charge in [0.2, 0.25) is 0 Å². The number of nitrogens with one attached hydrogen (secondary N) is 1. The van der Waals surface area contributed by atoms with Crippen molar-refractivity contribution in [3.05, 3.63) is 51.6 Å². The van der Waals surface area contributed by atoms with Crippen molar-refractivity contribution in [2.24, 2.45) is 0 Å². The third-order valence-corrected chi connectivity index (χ3v) is 3.99. The molecule has 0 radical (unpaired) electrons. The van der Waals surface area contributed by atoms with Gasteiger partial charge in [-0.2, -0.15) is 0 Å². The molecule has 1 heterocycles. The van der Waals surface area contributed by atoms with Crippen LogP contribution in [0.2, 0.25) is 0 Å². The molecule has 0 spiro atoms. The zero-order valence-corrected chi connectivity index (χ0v) is 12.2. The molecule has 0 fully saturated rings. The highest BCUT2D eigenvalue weighted by molar-refractivity contribution is 9.10. The fourth-order valence-corrected chi connectivity index (χ4v) is 2.06. The molecule has 5 heteroatoms. The summed E-state index contributed by atoms with van der Waals surface area (Å²) in [5, 5.41) is 12.2. The van der Waals surface area contributed by atoms with Crippen LogP contribution in [0.3, 0.4) is 0 Å². The lowest BCUT2D eigenvalue weighted by molar-refractivity contribution is 0.0697. The third-order valence-electron chi connectivity index (χ3n) is 2.74. The van der Waals surface area contributed by atoms with Gasteiger partial charge in [0.15, 0.2) is 0 Å². The SMILES string of the molecule is Cc1cc(Nc2ncccc2C(=O)O)cc(C)c1Br. The van der Waals surface area contributed by atoms with Crippen LogP contribution in [0, 0.1) is 13.8 Å². The Morgan fingerprint density at radius 3 is 2.53 bits per heavy atom. The lowest BCUT2D eigenvalue weighted by Gasteiger charge is -2.11. The molecule has 19 heavy (non-hydrogen) atoms. The van der Waals surface area contributed by atoms with Crippen molar-refractivity contribution < 1.29 is 9.90 Å². The van der Waals surface area contributed by atoms with Crippen LogP contribution in [-0.4, -0.2) is 16.1 Å².